The van der Waals surface area contributed by atoms with E-state index in [2.05, 4.69) is 24.3 Å². The Kier molecular flexibility index (Phi) is 6.01. The molecule has 0 radical (unpaired) electrons. The van der Waals surface area contributed by atoms with E-state index in [4.69, 9.17) is 4.74 Å². The molecule has 0 bridgehead atoms. The molecule has 88 valence electrons. The third kappa shape index (κ3) is 5.81. The minimum Gasteiger partial charge on any atom is -0.462 e. The molecule has 0 fully saturated rings. The standard InChI is InChI=1S/C13H18O2S/c1-11(15-12(2)14)10-16-9-8-13-6-4-3-5-7-13/h3-7,11H,8-10H2,1-2H3/t11-/m1/s1. The van der Waals surface area contributed by atoms with Crippen LogP contribution in [0.1, 0.15) is 19.4 Å². The normalized spacial score (nSPS) is 12.1. The van der Waals surface area contributed by atoms with E-state index in [1.54, 1.807) is 0 Å². The molecule has 0 heterocycles. The summed E-state index contributed by atoms with van der Waals surface area (Å²) >= 11 is 1.82. The van der Waals surface area contributed by atoms with Gasteiger partial charge >= 0.3 is 5.97 Å². The molecular weight excluding hydrogens is 220 g/mol. The second-order valence-electron chi connectivity index (χ2n) is 3.73. The van der Waals surface area contributed by atoms with Gasteiger partial charge in [0, 0.05) is 12.7 Å². The lowest BCUT2D eigenvalue weighted by Gasteiger charge is -2.10. The maximum Gasteiger partial charge on any atom is 0.302 e. The summed E-state index contributed by atoms with van der Waals surface area (Å²) in [6, 6.07) is 10.4. The Hall–Kier alpha value is -0.960. The minimum atomic E-state index is -0.198. The van der Waals surface area contributed by atoms with Gasteiger partial charge in [-0.05, 0) is 24.7 Å². The lowest BCUT2D eigenvalue weighted by Crippen LogP contribution is -2.15. The van der Waals surface area contributed by atoms with Crippen molar-refractivity contribution in [1.29, 1.82) is 0 Å². The monoisotopic (exact) mass is 238 g/mol. The Labute approximate surface area is 101 Å². The van der Waals surface area contributed by atoms with E-state index >= 15 is 0 Å². The highest BCUT2D eigenvalue weighted by molar-refractivity contribution is 7.99. The molecule has 1 atom stereocenters. The molecule has 0 aliphatic rings. The van der Waals surface area contributed by atoms with Gasteiger partial charge in [-0.25, -0.2) is 0 Å². The van der Waals surface area contributed by atoms with Gasteiger partial charge in [-0.1, -0.05) is 30.3 Å². The topological polar surface area (TPSA) is 26.3 Å². The first-order chi connectivity index (χ1) is 7.68. The van der Waals surface area contributed by atoms with E-state index in [1.165, 1.54) is 12.5 Å². The zero-order valence-corrected chi connectivity index (χ0v) is 10.6. The number of carbonyl (C=O) groups is 1. The van der Waals surface area contributed by atoms with Crippen molar-refractivity contribution in [1.82, 2.24) is 0 Å². The van der Waals surface area contributed by atoms with Crippen molar-refractivity contribution in [3.63, 3.8) is 0 Å². The fourth-order valence-electron chi connectivity index (χ4n) is 1.40. The summed E-state index contributed by atoms with van der Waals surface area (Å²) in [5.41, 5.74) is 1.36. The third-order valence-electron chi connectivity index (χ3n) is 2.10. The maximum absolute atomic E-state index is 10.7. The molecule has 0 unspecified atom stereocenters. The number of carbonyl (C=O) groups excluding carboxylic acids is 1. The molecule has 1 aromatic rings. The van der Waals surface area contributed by atoms with Crippen LogP contribution in [0.15, 0.2) is 30.3 Å². The van der Waals surface area contributed by atoms with Gasteiger partial charge in [-0.3, -0.25) is 4.79 Å². The van der Waals surface area contributed by atoms with Crippen molar-refractivity contribution in [2.75, 3.05) is 11.5 Å². The smallest absolute Gasteiger partial charge is 0.302 e. The van der Waals surface area contributed by atoms with Crippen LogP contribution in [-0.4, -0.2) is 23.6 Å². The fourth-order valence-corrected chi connectivity index (χ4v) is 2.35. The van der Waals surface area contributed by atoms with Crippen molar-refractivity contribution in [3.05, 3.63) is 35.9 Å². The summed E-state index contributed by atoms with van der Waals surface area (Å²) in [4.78, 5) is 10.7. The molecule has 0 spiro atoms. The van der Waals surface area contributed by atoms with Crippen LogP contribution in [0.25, 0.3) is 0 Å². The Balaban J connectivity index is 2.10. The molecule has 0 aromatic heterocycles. The number of thioether (sulfide) groups is 1. The van der Waals surface area contributed by atoms with E-state index in [-0.39, 0.29) is 12.1 Å². The first kappa shape index (κ1) is 13.1. The molecule has 1 rings (SSSR count). The summed E-state index contributed by atoms with van der Waals surface area (Å²) in [6.07, 6.45) is 1.08. The second-order valence-corrected chi connectivity index (χ2v) is 4.88. The SMILES string of the molecule is CC(=O)O[C@H](C)CSCCc1ccccc1. The van der Waals surface area contributed by atoms with Crippen LogP contribution in [0.4, 0.5) is 0 Å². The lowest BCUT2D eigenvalue weighted by molar-refractivity contribution is -0.144. The number of esters is 1. The first-order valence-corrected chi connectivity index (χ1v) is 6.63. The van der Waals surface area contributed by atoms with Gasteiger partial charge in [0.15, 0.2) is 0 Å². The van der Waals surface area contributed by atoms with Crippen LogP contribution in [0, 0.1) is 0 Å². The summed E-state index contributed by atoms with van der Waals surface area (Å²) in [6.45, 7) is 3.38. The average molecular weight is 238 g/mol. The number of aryl methyl sites for hydroxylation is 1. The molecule has 16 heavy (non-hydrogen) atoms. The Morgan fingerprint density at radius 1 is 1.38 bits per heavy atom. The van der Waals surface area contributed by atoms with Crippen LogP contribution in [-0.2, 0) is 16.0 Å². The number of benzene rings is 1. The lowest BCUT2D eigenvalue weighted by atomic mass is 10.2. The summed E-state index contributed by atoms with van der Waals surface area (Å²) < 4.78 is 5.04. The molecule has 0 saturated carbocycles. The highest BCUT2D eigenvalue weighted by atomic mass is 32.2. The number of hydrogen-bond acceptors (Lipinski definition) is 3. The van der Waals surface area contributed by atoms with Crippen LogP contribution in [0.3, 0.4) is 0 Å². The Morgan fingerprint density at radius 3 is 2.69 bits per heavy atom. The van der Waals surface area contributed by atoms with E-state index in [0.29, 0.717) is 0 Å². The molecule has 0 N–H and O–H groups in total. The van der Waals surface area contributed by atoms with Crippen molar-refractivity contribution in [2.24, 2.45) is 0 Å². The fraction of sp³-hybridized carbons (Fsp3) is 0.462. The molecule has 3 heteroatoms. The van der Waals surface area contributed by atoms with Crippen molar-refractivity contribution in [2.45, 2.75) is 26.4 Å². The Bertz CT molecular complexity index is 311. The molecule has 0 aliphatic carbocycles. The van der Waals surface area contributed by atoms with Crippen molar-refractivity contribution < 1.29 is 9.53 Å². The third-order valence-corrected chi connectivity index (χ3v) is 3.30. The van der Waals surface area contributed by atoms with Gasteiger partial charge < -0.3 is 4.74 Å². The van der Waals surface area contributed by atoms with Gasteiger partial charge in [-0.2, -0.15) is 11.8 Å². The highest BCUT2D eigenvalue weighted by Crippen LogP contribution is 2.09. The zero-order valence-electron chi connectivity index (χ0n) is 9.81. The minimum absolute atomic E-state index is 0.0123. The molecule has 0 saturated heterocycles. The molecule has 0 aliphatic heterocycles. The number of rotatable bonds is 6. The quantitative estimate of drug-likeness (QED) is 0.563. The molecule has 2 nitrogen and oxygen atoms in total. The van der Waals surface area contributed by atoms with Crippen LogP contribution in [0.5, 0.6) is 0 Å². The largest absolute Gasteiger partial charge is 0.462 e. The Morgan fingerprint density at radius 2 is 2.06 bits per heavy atom. The van der Waals surface area contributed by atoms with Crippen molar-refractivity contribution in [3.8, 4) is 0 Å². The van der Waals surface area contributed by atoms with E-state index in [1.807, 2.05) is 24.8 Å². The number of hydrogen-bond donors (Lipinski definition) is 0. The predicted molar refractivity (Wildman–Crippen MR) is 68.7 cm³/mol. The van der Waals surface area contributed by atoms with Gasteiger partial charge in [-0.15, -0.1) is 0 Å². The maximum atomic E-state index is 10.7. The average Bonchev–Trinajstić information content (AvgIpc) is 2.25. The van der Waals surface area contributed by atoms with E-state index < -0.39 is 0 Å². The highest BCUT2D eigenvalue weighted by Gasteiger charge is 2.04. The van der Waals surface area contributed by atoms with Gasteiger partial charge in [0.1, 0.15) is 6.10 Å². The van der Waals surface area contributed by atoms with Crippen LogP contribution >= 0.6 is 11.8 Å². The summed E-state index contributed by atoms with van der Waals surface area (Å²) in [5.74, 6) is 1.73. The van der Waals surface area contributed by atoms with Gasteiger partial charge in [0.05, 0.1) is 0 Å². The predicted octanol–water partition coefficient (Wildman–Crippen LogP) is 2.91. The number of ether oxygens (including phenoxy) is 1. The van der Waals surface area contributed by atoms with E-state index in [0.717, 1.165) is 17.9 Å². The van der Waals surface area contributed by atoms with Gasteiger partial charge in [0.2, 0.25) is 0 Å². The molecule has 0 amide bonds. The molecule has 1 aromatic carbocycles. The first-order valence-electron chi connectivity index (χ1n) is 5.47. The van der Waals surface area contributed by atoms with Crippen LogP contribution in [0.2, 0.25) is 0 Å². The second kappa shape index (κ2) is 7.34. The van der Waals surface area contributed by atoms with E-state index in [9.17, 15) is 4.79 Å². The summed E-state index contributed by atoms with van der Waals surface area (Å²) in [7, 11) is 0. The summed E-state index contributed by atoms with van der Waals surface area (Å²) in [5, 5.41) is 0. The van der Waals surface area contributed by atoms with Gasteiger partial charge in [0.25, 0.3) is 0 Å². The molecular formula is C13H18O2S. The van der Waals surface area contributed by atoms with Crippen LogP contribution < -0.4 is 0 Å². The zero-order chi connectivity index (χ0) is 11.8. The van der Waals surface area contributed by atoms with Crippen molar-refractivity contribution >= 4 is 17.7 Å².